The molecule has 112 valence electrons. The number of halogens is 1. The topological polar surface area (TPSA) is 109 Å². The van der Waals surface area contributed by atoms with E-state index in [9.17, 15) is 4.79 Å². The van der Waals surface area contributed by atoms with Crippen LogP contribution in [0.4, 0.5) is 5.95 Å². The summed E-state index contributed by atoms with van der Waals surface area (Å²) in [5.74, 6) is -0.206. The van der Waals surface area contributed by atoms with E-state index in [2.05, 4.69) is 30.7 Å². The van der Waals surface area contributed by atoms with Gasteiger partial charge in [0.05, 0.1) is 24.6 Å². The summed E-state index contributed by atoms with van der Waals surface area (Å²) in [5, 5.41) is 16.2. The lowest BCUT2D eigenvalue weighted by atomic mass is 10.1. The third-order valence-electron chi connectivity index (χ3n) is 2.88. The molecule has 0 aliphatic carbocycles. The van der Waals surface area contributed by atoms with E-state index in [-0.39, 0.29) is 17.9 Å². The van der Waals surface area contributed by atoms with E-state index in [1.807, 2.05) is 6.07 Å². The summed E-state index contributed by atoms with van der Waals surface area (Å²) in [5.41, 5.74) is 1.68. The molecule has 3 aromatic rings. The van der Waals surface area contributed by atoms with Crippen LogP contribution in [-0.4, -0.2) is 38.4 Å². The summed E-state index contributed by atoms with van der Waals surface area (Å²) >= 11 is 5.97. The minimum atomic E-state index is -0.387. The standard InChI is InChI=1S/C13H11ClN6O2/c1-22-13-17-12(19-20-13)16-11(21)9-6-15-18-10(9)7-3-2-4-8(14)5-7/h2-6H,1H3,(H,15,18)(H2,16,17,19,20,21). The molecule has 1 amide bonds. The molecule has 0 radical (unpaired) electrons. The van der Waals surface area contributed by atoms with Gasteiger partial charge in [0.2, 0.25) is 5.95 Å². The van der Waals surface area contributed by atoms with Gasteiger partial charge in [0.15, 0.2) is 0 Å². The predicted octanol–water partition coefficient (Wildman–Crippen LogP) is 2.11. The summed E-state index contributed by atoms with van der Waals surface area (Å²) in [4.78, 5) is 16.2. The fourth-order valence-electron chi connectivity index (χ4n) is 1.89. The third-order valence-corrected chi connectivity index (χ3v) is 3.11. The number of aromatic amines is 2. The fraction of sp³-hybridized carbons (Fsp3) is 0.0769. The van der Waals surface area contributed by atoms with Gasteiger partial charge >= 0.3 is 6.01 Å². The highest BCUT2D eigenvalue weighted by Gasteiger charge is 2.17. The molecule has 9 heteroatoms. The predicted molar refractivity (Wildman–Crippen MR) is 79.9 cm³/mol. The second kappa shape index (κ2) is 5.86. The maximum atomic E-state index is 12.3. The number of hydrogen-bond donors (Lipinski definition) is 3. The van der Waals surface area contributed by atoms with Gasteiger partial charge in [-0.2, -0.15) is 10.1 Å². The number of rotatable bonds is 4. The second-order valence-corrected chi connectivity index (χ2v) is 4.73. The molecule has 0 fully saturated rings. The molecule has 0 saturated heterocycles. The van der Waals surface area contributed by atoms with Gasteiger partial charge in [-0.15, -0.1) is 5.10 Å². The van der Waals surface area contributed by atoms with Crippen LogP contribution in [-0.2, 0) is 0 Å². The van der Waals surface area contributed by atoms with Crippen molar-refractivity contribution in [1.29, 1.82) is 0 Å². The average Bonchev–Trinajstić information content (AvgIpc) is 3.16. The number of benzene rings is 1. The first-order valence-corrected chi connectivity index (χ1v) is 6.62. The van der Waals surface area contributed by atoms with Crippen LogP contribution in [0.3, 0.4) is 0 Å². The zero-order valence-electron chi connectivity index (χ0n) is 11.4. The maximum absolute atomic E-state index is 12.3. The molecule has 8 nitrogen and oxygen atoms in total. The molecule has 0 spiro atoms. The van der Waals surface area contributed by atoms with Crippen LogP contribution in [0.25, 0.3) is 11.3 Å². The highest BCUT2D eigenvalue weighted by molar-refractivity contribution is 6.30. The molecular formula is C13H11ClN6O2. The molecular weight excluding hydrogens is 308 g/mol. The maximum Gasteiger partial charge on any atom is 0.336 e. The lowest BCUT2D eigenvalue weighted by molar-refractivity contribution is 0.102. The van der Waals surface area contributed by atoms with Crippen LogP contribution >= 0.6 is 11.6 Å². The Morgan fingerprint density at radius 3 is 2.95 bits per heavy atom. The minimum absolute atomic E-state index is 0.137. The summed E-state index contributed by atoms with van der Waals surface area (Å²) in [6, 6.07) is 7.25. The second-order valence-electron chi connectivity index (χ2n) is 4.29. The van der Waals surface area contributed by atoms with Crippen molar-refractivity contribution in [2.24, 2.45) is 0 Å². The van der Waals surface area contributed by atoms with Crippen molar-refractivity contribution in [3.05, 3.63) is 41.0 Å². The van der Waals surface area contributed by atoms with Crippen molar-refractivity contribution in [3.8, 4) is 17.3 Å². The first kappa shape index (κ1) is 14.1. The Hall–Kier alpha value is -2.87. The molecule has 22 heavy (non-hydrogen) atoms. The molecule has 3 rings (SSSR count). The zero-order valence-corrected chi connectivity index (χ0v) is 12.2. The van der Waals surface area contributed by atoms with Gasteiger partial charge < -0.3 is 4.74 Å². The van der Waals surface area contributed by atoms with Gasteiger partial charge in [0.1, 0.15) is 0 Å². The molecule has 3 N–H and O–H groups in total. The minimum Gasteiger partial charge on any atom is -0.466 e. The van der Waals surface area contributed by atoms with Crippen LogP contribution < -0.4 is 10.1 Å². The number of methoxy groups -OCH3 is 1. The number of ether oxygens (including phenoxy) is 1. The molecule has 2 aromatic heterocycles. The number of hydrogen-bond acceptors (Lipinski definition) is 5. The number of anilines is 1. The summed E-state index contributed by atoms with van der Waals surface area (Å²) in [7, 11) is 1.43. The Balaban J connectivity index is 1.86. The first-order chi connectivity index (χ1) is 10.7. The largest absolute Gasteiger partial charge is 0.466 e. The number of amides is 1. The summed E-state index contributed by atoms with van der Waals surface area (Å²) < 4.78 is 4.84. The van der Waals surface area contributed by atoms with Crippen molar-refractivity contribution in [3.63, 3.8) is 0 Å². The van der Waals surface area contributed by atoms with Gasteiger partial charge in [-0.3, -0.25) is 15.2 Å². The Bertz CT molecular complexity index is 812. The number of nitrogens with zero attached hydrogens (tertiary/aromatic N) is 3. The van der Waals surface area contributed by atoms with Crippen LogP contribution in [0.2, 0.25) is 5.02 Å². The van der Waals surface area contributed by atoms with Crippen molar-refractivity contribution < 1.29 is 9.53 Å². The number of H-pyrrole nitrogens is 2. The normalized spacial score (nSPS) is 10.5. The van der Waals surface area contributed by atoms with Crippen LogP contribution in [0, 0.1) is 0 Å². The van der Waals surface area contributed by atoms with Gasteiger partial charge in [0, 0.05) is 10.6 Å². The monoisotopic (exact) mass is 318 g/mol. The number of aromatic nitrogens is 5. The van der Waals surface area contributed by atoms with E-state index in [0.29, 0.717) is 16.3 Å². The molecule has 0 atom stereocenters. The molecule has 2 heterocycles. The Kier molecular flexibility index (Phi) is 3.75. The van der Waals surface area contributed by atoms with Crippen molar-refractivity contribution in [2.45, 2.75) is 0 Å². The Morgan fingerprint density at radius 1 is 1.36 bits per heavy atom. The van der Waals surface area contributed by atoms with E-state index < -0.39 is 0 Å². The van der Waals surface area contributed by atoms with Crippen molar-refractivity contribution >= 4 is 23.5 Å². The molecule has 0 aliphatic heterocycles. The van der Waals surface area contributed by atoms with Gasteiger partial charge in [-0.05, 0) is 12.1 Å². The van der Waals surface area contributed by atoms with Crippen LogP contribution in [0.1, 0.15) is 10.4 Å². The van der Waals surface area contributed by atoms with E-state index >= 15 is 0 Å². The van der Waals surface area contributed by atoms with Crippen LogP contribution in [0.15, 0.2) is 30.5 Å². The molecule has 0 aliphatic rings. The molecule has 0 saturated carbocycles. The molecule has 1 aromatic carbocycles. The van der Waals surface area contributed by atoms with E-state index in [4.69, 9.17) is 16.3 Å². The summed E-state index contributed by atoms with van der Waals surface area (Å²) in [6.45, 7) is 0. The molecule has 0 bridgehead atoms. The highest BCUT2D eigenvalue weighted by atomic mass is 35.5. The molecule has 0 unspecified atom stereocenters. The van der Waals surface area contributed by atoms with Gasteiger partial charge in [-0.1, -0.05) is 23.7 Å². The zero-order chi connectivity index (χ0) is 15.5. The Labute approximate surface area is 129 Å². The lowest BCUT2D eigenvalue weighted by Gasteiger charge is -2.03. The lowest BCUT2D eigenvalue weighted by Crippen LogP contribution is -2.13. The van der Waals surface area contributed by atoms with Gasteiger partial charge in [-0.25, -0.2) is 5.10 Å². The van der Waals surface area contributed by atoms with Crippen molar-refractivity contribution in [1.82, 2.24) is 25.4 Å². The highest BCUT2D eigenvalue weighted by Crippen LogP contribution is 2.24. The van der Waals surface area contributed by atoms with E-state index in [1.165, 1.54) is 13.3 Å². The SMILES string of the molecule is COc1n[nH]c(NC(=O)c2cn[nH]c2-c2cccc(Cl)c2)n1. The number of carbonyl (C=O) groups excluding carboxylic acids is 1. The van der Waals surface area contributed by atoms with Crippen molar-refractivity contribution in [2.75, 3.05) is 12.4 Å². The van der Waals surface area contributed by atoms with Gasteiger partial charge in [0.25, 0.3) is 5.91 Å². The fourth-order valence-corrected chi connectivity index (χ4v) is 2.08. The number of nitrogens with one attached hydrogen (secondary N) is 3. The average molecular weight is 319 g/mol. The first-order valence-electron chi connectivity index (χ1n) is 6.24. The third kappa shape index (κ3) is 2.77. The van der Waals surface area contributed by atoms with Crippen LogP contribution in [0.5, 0.6) is 6.01 Å². The Morgan fingerprint density at radius 2 is 2.23 bits per heavy atom. The van der Waals surface area contributed by atoms with E-state index in [0.717, 1.165) is 5.56 Å². The number of carbonyl (C=O) groups is 1. The van der Waals surface area contributed by atoms with E-state index in [1.54, 1.807) is 18.2 Å². The smallest absolute Gasteiger partial charge is 0.336 e. The quantitative estimate of drug-likeness (QED) is 0.682. The summed E-state index contributed by atoms with van der Waals surface area (Å²) in [6.07, 6.45) is 1.43.